The van der Waals surface area contributed by atoms with E-state index in [1.165, 1.54) is 12.8 Å². The van der Waals surface area contributed by atoms with Crippen molar-refractivity contribution < 1.29 is 10.0 Å². The van der Waals surface area contributed by atoms with Gasteiger partial charge in [0.05, 0.1) is 5.59 Å². The number of likely N-dealkylation sites (tertiary alicyclic amines) is 1. The maximum absolute atomic E-state index is 9.15. The molecule has 0 saturated carbocycles. The highest BCUT2D eigenvalue weighted by atomic mass is 16.4. The van der Waals surface area contributed by atoms with Crippen molar-refractivity contribution in [3.63, 3.8) is 0 Å². The third-order valence-electron chi connectivity index (χ3n) is 2.76. The maximum Gasteiger partial charge on any atom is 0.508 e. The Hall–Kier alpha value is -0.905. The molecule has 15 heavy (non-hydrogen) atoms. The lowest BCUT2D eigenvalue weighted by molar-refractivity contribution is 0.331. The van der Waals surface area contributed by atoms with Crippen LogP contribution in [0.25, 0.3) is 0 Å². The maximum atomic E-state index is 9.15. The van der Waals surface area contributed by atoms with Crippen molar-refractivity contribution in [1.29, 1.82) is 0 Å². The van der Waals surface area contributed by atoms with Gasteiger partial charge in [-0.2, -0.15) is 0 Å². The molecule has 0 aliphatic carbocycles. The Morgan fingerprint density at radius 3 is 2.73 bits per heavy atom. The van der Waals surface area contributed by atoms with E-state index in [0.29, 0.717) is 5.59 Å². The van der Waals surface area contributed by atoms with Crippen LogP contribution in [0, 0.1) is 0 Å². The summed E-state index contributed by atoms with van der Waals surface area (Å²) in [4.78, 5) is 6.30. The second kappa shape index (κ2) is 4.74. The standard InChI is InChI=1S/C10H15BN2O2/c14-11(15)10-9(4-3-5-12-10)8-13-6-1-2-7-13/h3-5,14-15H,1-2,6-8H2. The molecule has 1 fully saturated rings. The molecule has 1 aromatic heterocycles. The van der Waals surface area contributed by atoms with Crippen LogP contribution in [0.3, 0.4) is 0 Å². The highest BCUT2D eigenvalue weighted by molar-refractivity contribution is 6.58. The van der Waals surface area contributed by atoms with Crippen LogP contribution in [0.4, 0.5) is 0 Å². The molecular weight excluding hydrogens is 191 g/mol. The van der Waals surface area contributed by atoms with Crippen LogP contribution in [-0.2, 0) is 6.54 Å². The molecule has 80 valence electrons. The summed E-state index contributed by atoms with van der Waals surface area (Å²) in [6.45, 7) is 2.95. The minimum atomic E-state index is -1.47. The Balaban J connectivity index is 2.12. The van der Waals surface area contributed by atoms with E-state index in [9.17, 15) is 0 Å². The van der Waals surface area contributed by atoms with Crippen LogP contribution < -0.4 is 5.59 Å². The smallest absolute Gasteiger partial charge is 0.422 e. The summed E-state index contributed by atoms with van der Waals surface area (Å²) in [5.74, 6) is 0. The first-order chi connectivity index (χ1) is 7.27. The highest BCUT2D eigenvalue weighted by Gasteiger charge is 2.20. The van der Waals surface area contributed by atoms with E-state index in [1.807, 2.05) is 12.1 Å². The van der Waals surface area contributed by atoms with Gasteiger partial charge in [0.25, 0.3) is 0 Å². The first kappa shape index (κ1) is 10.6. The molecule has 4 nitrogen and oxygen atoms in total. The van der Waals surface area contributed by atoms with Crippen LogP contribution in [0.15, 0.2) is 18.3 Å². The normalized spacial score (nSPS) is 16.9. The van der Waals surface area contributed by atoms with Gasteiger partial charge < -0.3 is 10.0 Å². The molecule has 0 bridgehead atoms. The van der Waals surface area contributed by atoms with Crippen molar-refractivity contribution >= 4 is 12.7 Å². The molecular formula is C10H15BN2O2. The van der Waals surface area contributed by atoms with E-state index in [1.54, 1.807) is 6.20 Å². The van der Waals surface area contributed by atoms with Crippen molar-refractivity contribution in [1.82, 2.24) is 9.88 Å². The van der Waals surface area contributed by atoms with E-state index in [-0.39, 0.29) is 0 Å². The van der Waals surface area contributed by atoms with Crippen LogP contribution >= 0.6 is 0 Å². The second-order valence-corrected chi connectivity index (χ2v) is 3.90. The first-order valence-electron chi connectivity index (χ1n) is 5.29. The van der Waals surface area contributed by atoms with E-state index < -0.39 is 7.12 Å². The predicted octanol–water partition coefficient (Wildman–Crippen LogP) is -0.643. The van der Waals surface area contributed by atoms with E-state index in [2.05, 4.69) is 9.88 Å². The van der Waals surface area contributed by atoms with Crippen LogP contribution in [0.1, 0.15) is 18.4 Å². The monoisotopic (exact) mass is 206 g/mol. The van der Waals surface area contributed by atoms with Crippen LogP contribution in [0.5, 0.6) is 0 Å². The summed E-state index contributed by atoms with van der Waals surface area (Å²) >= 11 is 0. The lowest BCUT2D eigenvalue weighted by Crippen LogP contribution is -2.37. The summed E-state index contributed by atoms with van der Waals surface area (Å²) in [5.41, 5.74) is 1.29. The molecule has 0 aromatic carbocycles. The second-order valence-electron chi connectivity index (χ2n) is 3.90. The quantitative estimate of drug-likeness (QED) is 0.645. The lowest BCUT2D eigenvalue weighted by atomic mass is 9.82. The van der Waals surface area contributed by atoms with Gasteiger partial charge in [0.15, 0.2) is 0 Å². The first-order valence-corrected chi connectivity index (χ1v) is 5.29. The number of aromatic nitrogens is 1. The third kappa shape index (κ3) is 2.56. The molecule has 0 atom stereocenters. The molecule has 0 radical (unpaired) electrons. The number of rotatable bonds is 3. The van der Waals surface area contributed by atoms with Crippen molar-refractivity contribution in [2.75, 3.05) is 13.1 Å². The Morgan fingerprint density at radius 2 is 2.07 bits per heavy atom. The average Bonchev–Trinajstić information content (AvgIpc) is 2.71. The molecule has 2 heterocycles. The molecule has 0 amide bonds. The van der Waals surface area contributed by atoms with Gasteiger partial charge in [-0.3, -0.25) is 9.88 Å². The fraction of sp³-hybridized carbons (Fsp3) is 0.500. The van der Waals surface area contributed by atoms with Gasteiger partial charge in [-0.15, -0.1) is 0 Å². The topological polar surface area (TPSA) is 56.6 Å². The van der Waals surface area contributed by atoms with Crippen molar-refractivity contribution in [2.45, 2.75) is 19.4 Å². The fourth-order valence-corrected chi connectivity index (χ4v) is 2.00. The average molecular weight is 206 g/mol. The molecule has 5 heteroatoms. The van der Waals surface area contributed by atoms with Crippen molar-refractivity contribution in [3.8, 4) is 0 Å². The Bertz CT molecular complexity index is 327. The summed E-state index contributed by atoms with van der Waals surface area (Å²) < 4.78 is 0. The summed E-state index contributed by atoms with van der Waals surface area (Å²) in [6.07, 6.45) is 4.05. The van der Waals surface area contributed by atoms with Gasteiger partial charge in [0, 0.05) is 12.7 Å². The molecule has 2 N–H and O–H groups in total. The van der Waals surface area contributed by atoms with Crippen molar-refractivity contribution in [3.05, 3.63) is 23.9 Å². The summed E-state index contributed by atoms with van der Waals surface area (Å²) in [5, 5.41) is 18.3. The van der Waals surface area contributed by atoms with Gasteiger partial charge in [0.2, 0.25) is 0 Å². The van der Waals surface area contributed by atoms with Crippen molar-refractivity contribution in [2.24, 2.45) is 0 Å². The van der Waals surface area contributed by atoms with E-state index in [0.717, 1.165) is 25.2 Å². The Morgan fingerprint density at radius 1 is 1.33 bits per heavy atom. The van der Waals surface area contributed by atoms with Gasteiger partial charge in [-0.25, -0.2) is 0 Å². The Labute approximate surface area is 89.7 Å². The zero-order valence-corrected chi connectivity index (χ0v) is 8.63. The molecule has 0 unspecified atom stereocenters. The van der Waals surface area contributed by atoms with Gasteiger partial charge in [-0.1, -0.05) is 6.07 Å². The third-order valence-corrected chi connectivity index (χ3v) is 2.76. The predicted molar refractivity (Wildman–Crippen MR) is 58.6 cm³/mol. The zero-order valence-electron chi connectivity index (χ0n) is 8.63. The Kier molecular flexibility index (Phi) is 3.35. The summed E-state index contributed by atoms with van der Waals surface area (Å²) in [6, 6.07) is 3.73. The minimum Gasteiger partial charge on any atom is -0.422 e. The van der Waals surface area contributed by atoms with E-state index >= 15 is 0 Å². The number of hydrogen-bond acceptors (Lipinski definition) is 4. The molecule has 1 aliphatic heterocycles. The molecule has 1 aliphatic rings. The highest BCUT2D eigenvalue weighted by Crippen LogP contribution is 2.10. The number of nitrogens with zero attached hydrogens (tertiary/aromatic N) is 2. The van der Waals surface area contributed by atoms with Gasteiger partial charge in [-0.05, 0) is 37.6 Å². The lowest BCUT2D eigenvalue weighted by Gasteiger charge is -2.16. The van der Waals surface area contributed by atoms with E-state index in [4.69, 9.17) is 10.0 Å². The zero-order chi connectivity index (χ0) is 10.7. The van der Waals surface area contributed by atoms with Gasteiger partial charge in [0.1, 0.15) is 0 Å². The minimum absolute atomic E-state index is 0.379. The summed E-state index contributed by atoms with van der Waals surface area (Å²) in [7, 11) is -1.47. The molecule has 0 spiro atoms. The fourth-order valence-electron chi connectivity index (χ4n) is 2.00. The molecule has 1 aromatic rings. The largest absolute Gasteiger partial charge is 0.508 e. The molecule has 1 saturated heterocycles. The van der Waals surface area contributed by atoms with Crippen LogP contribution in [-0.4, -0.2) is 40.1 Å². The SMILES string of the molecule is OB(O)c1ncccc1CN1CCCC1. The molecule has 2 rings (SSSR count). The number of hydrogen-bond donors (Lipinski definition) is 2. The van der Waals surface area contributed by atoms with Crippen LogP contribution in [0.2, 0.25) is 0 Å². The van der Waals surface area contributed by atoms with Gasteiger partial charge >= 0.3 is 7.12 Å². The number of pyridine rings is 1.